The van der Waals surface area contributed by atoms with Crippen molar-refractivity contribution in [2.75, 3.05) is 11.9 Å². The van der Waals surface area contributed by atoms with Crippen molar-refractivity contribution in [3.63, 3.8) is 0 Å². The second-order valence-corrected chi connectivity index (χ2v) is 6.20. The molecule has 0 saturated carbocycles. The Labute approximate surface area is 157 Å². The van der Waals surface area contributed by atoms with Gasteiger partial charge in [-0.25, -0.2) is 14.4 Å². The third-order valence-electron chi connectivity index (χ3n) is 4.17. The molecule has 1 unspecified atom stereocenters. The number of nitrogens with zero attached hydrogens (tertiary/aromatic N) is 2. The molecule has 5 nitrogen and oxygen atoms in total. The molecule has 0 spiro atoms. The Kier molecular flexibility index (Phi) is 6.10. The van der Waals surface area contributed by atoms with Gasteiger partial charge in [-0.2, -0.15) is 0 Å². The van der Waals surface area contributed by atoms with Gasteiger partial charge in [0.2, 0.25) is 5.95 Å². The van der Waals surface area contributed by atoms with Gasteiger partial charge in [0, 0.05) is 18.9 Å². The van der Waals surface area contributed by atoms with Gasteiger partial charge in [0.1, 0.15) is 5.82 Å². The van der Waals surface area contributed by atoms with Gasteiger partial charge >= 0.3 is 0 Å². The van der Waals surface area contributed by atoms with Crippen LogP contribution in [0, 0.1) is 5.82 Å². The zero-order chi connectivity index (χ0) is 19.1. The number of carbonyl (C=O) groups is 1. The highest BCUT2D eigenvalue weighted by molar-refractivity contribution is 5.93. The molecular formula is C21H21FN4O. The van der Waals surface area contributed by atoms with Crippen molar-refractivity contribution in [1.82, 2.24) is 15.3 Å². The van der Waals surface area contributed by atoms with Crippen molar-refractivity contribution in [2.45, 2.75) is 19.4 Å². The average Bonchev–Trinajstić information content (AvgIpc) is 2.70. The molecular weight excluding hydrogens is 343 g/mol. The number of aromatic nitrogens is 2. The van der Waals surface area contributed by atoms with Gasteiger partial charge in [-0.1, -0.05) is 42.5 Å². The topological polar surface area (TPSA) is 66.9 Å². The fraction of sp³-hybridized carbons (Fsp3) is 0.190. The van der Waals surface area contributed by atoms with Gasteiger partial charge in [-0.15, -0.1) is 0 Å². The third kappa shape index (κ3) is 5.34. The number of halogens is 1. The van der Waals surface area contributed by atoms with Crippen LogP contribution in [0.15, 0.2) is 67.0 Å². The molecule has 27 heavy (non-hydrogen) atoms. The number of amides is 1. The average molecular weight is 364 g/mol. The van der Waals surface area contributed by atoms with Crippen molar-refractivity contribution in [2.24, 2.45) is 0 Å². The molecule has 0 radical (unpaired) electrons. The van der Waals surface area contributed by atoms with Crippen LogP contribution in [0.2, 0.25) is 0 Å². The standard InChI is InChI=1S/C21H21FN4O/c1-15(17-5-3-2-4-6-17)26-21-24-13-18(14-25-21)20(27)23-12-11-16-7-9-19(22)10-8-16/h2-10,13-15H,11-12H2,1H3,(H,23,27)(H,24,25,26). The fourth-order valence-corrected chi connectivity index (χ4v) is 2.61. The van der Waals surface area contributed by atoms with E-state index < -0.39 is 0 Å². The lowest BCUT2D eigenvalue weighted by Crippen LogP contribution is -2.26. The lowest BCUT2D eigenvalue weighted by molar-refractivity contribution is 0.0953. The van der Waals surface area contributed by atoms with Crippen molar-refractivity contribution in [3.05, 3.63) is 89.5 Å². The summed E-state index contributed by atoms with van der Waals surface area (Å²) >= 11 is 0. The molecule has 138 valence electrons. The van der Waals surface area contributed by atoms with Crippen LogP contribution in [-0.4, -0.2) is 22.4 Å². The first kappa shape index (κ1) is 18.5. The van der Waals surface area contributed by atoms with Crippen LogP contribution in [0.1, 0.15) is 34.5 Å². The van der Waals surface area contributed by atoms with Crippen LogP contribution in [0.5, 0.6) is 0 Å². The minimum absolute atomic E-state index is 0.0570. The maximum atomic E-state index is 12.9. The van der Waals surface area contributed by atoms with Crippen molar-refractivity contribution < 1.29 is 9.18 Å². The van der Waals surface area contributed by atoms with E-state index in [2.05, 4.69) is 20.6 Å². The predicted octanol–water partition coefficient (Wildman–Crippen LogP) is 3.76. The van der Waals surface area contributed by atoms with Gasteiger partial charge in [0.15, 0.2) is 0 Å². The van der Waals surface area contributed by atoms with Gasteiger partial charge in [-0.05, 0) is 36.6 Å². The molecule has 6 heteroatoms. The number of carbonyl (C=O) groups excluding carboxylic acids is 1. The first-order valence-corrected chi connectivity index (χ1v) is 8.78. The Morgan fingerprint density at radius 3 is 2.37 bits per heavy atom. The molecule has 1 aromatic heterocycles. The molecule has 2 N–H and O–H groups in total. The Bertz CT molecular complexity index is 867. The summed E-state index contributed by atoms with van der Waals surface area (Å²) in [5.41, 5.74) is 2.48. The van der Waals surface area contributed by atoms with E-state index in [1.165, 1.54) is 24.5 Å². The summed E-state index contributed by atoms with van der Waals surface area (Å²) in [5.74, 6) is -0.0378. The SMILES string of the molecule is CC(Nc1ncc(C(=O)NCCc2ccc(F)cc2)cn1)c1ccccc1. The number of hydrogen-bond donors (Lipinski definition) is 2. The first-order valence-electron chi connectivity index (χ1n) is 8.78. The third-order valence-corrected chi connectivity index (χ3v) is 4.17. The van der Waals surface area contributed by atoms with E-state index >= 15 is 0 Å². The summed E-state index contributed by atoms with van der Waals surface area (Å²) in [7, 11) is 0. The zero-order valence-corrected chi connectivity index (χ0v) is 15.0. The maximum Gasteiger partial charge on any atom is 0.254 e. The molecule has 2 aromatic carbocycles. The first-order chi connectivity index (χ1) is 13.1. The second kappa shape index (κ2) is 8.89. The predicted molar refractivity (Wildman–Crippen MR) is 103 cm³/mol. The normalized spacial score (nSPS) is 11.6. The molecule has 0 saturated heterocycles. The van der Waals surface area contributed by atoms with E-state index in [4.69, 9.17) is 0 Å². The maximum absolute atomic E-state index is 12.9. The number of rotatable bonds is 7. The molecule has 1 heterocycles. The molecule has 1 atom stereocenters. The monoisotopic (exact) mass is 364 g/mol. The van der Waals surface area contributed by atoms with Crippen LogP contribution in [0.3, 0.4) is 0 Å². The fourth-order valence-electron chi connectivity index (χ4n) is 2.61. The van der Waals surface area contributed by atoms with E-state index in [1.807, 2.05) is 37.3 Å². The Hall–Kier alpha value is -3.28. The summed E-state index contributed by atoms with van der Waals surface area (Å²) in [6, 6.07) is 16.3. The number of hydrogen-bond acceptors (Lipinski definition) is 4. The molecule has 0 aliphatic heterocycles. The minimum Gasteiger partial charge on any atom is -0.352 e. The van der Waals surface area contributed by atoms with Crippen LogP contribution >= 0.6 is 0 Å². The molecule has 0 aliphatic rings. The van der Waals surface area contributed by atoms with Crippen LogP contribution in [-0.2, 0) is 6.42 Å². The van der Waals surface area contributed by atoms with E-state index in [-0.39, 0.29) is 17.8 Å². The van der Waals surface area contributed by atoms with Gasteiger partial charge in [0.05, 0.1) is 11.6 Å². The van der Waals surface area contributed by atoms with Crippen molar-refractivity contribution in [3.8, 4) is 0 Å². The largest absolute Gasteiger partial charge is 0.352 e. The highest BCUT2D eigenvalue weighted by Crippen LogP contribution is 2.15. The quantitative estimate of drug-likeness (QED) is 0.670. The zero-order valence-electron chi connectivity index (χ0n) is 15.0. The minimum atomic E-state index is -0.268. The summed E-state index contributed by atoms with van der Waals surface area (Å²) in [6.45, 7) is 2.48. The number of nitrogens with one attached hydrogen (secondary N) is 2. The lowest BCUT2D eigenvalue weighted by Gasteiger charge is -2.14. The lowest BCUT2D eigenvalue weighted by atomic mass is 10.1. The van der Waals surface area contributed by atoms with Crippen LogP contribution in [0.4, 0.5) is 10.3 Å². The van der Waals surface area contributed by atoms with E-state index in [9.17, 15) is 9.18 Å². The molecule has 1 amide bonds. The van der Waals surface area contributed by atoms with Gasteiger partial charge < -0.3 is 10.6 Å². The second-order valence-electron chi connectivity index (χ2n) is 6.20. The Morgan fingerprint density at radius 1 is 1.04 bits per heavy atom. The summed E-state index contributed by atoms with van der Waals surface area (Å²) < 4.78 is 12.9. The summed E-state index contributed by atoms with van der Waals surface area (Å²) in [4.78, 5) is 20.6. The molecule has 3 aromatic rings. The molecule has 0 bridgehead atoms. The summed E-state index contributed by atoms with van der Waals surface area (Å²) in [5, 5.41) is 6.02. The number of anilines is 1. The van der Waals surface area contributed by atoms with Gasteiger partial charge in [-0.3, -0.25) is 4.79 Å². The van der Waals surface area contributed by atoms with Gasteiger partial charge in [0.25, 0.3) is 5.91 Å². The highest BCUT2D eigenvalue weighted by atomic mass is 19.1. The van der Waals surface area contributed by atoms with Crippen LogP contribution in [0.25, 0.3) is 0 Å². The Balaban J connectivity index is 1.50. The highest BCUT2D eigenvalue weighted by Gasteiger charge is 2.09. The smallest absolute Gasteiger partial charge is 0.254 e. The van der Waals surface area contributed by atoms with Crippen LogP contribution < -0.4 is 10.6 Å². The molecule has 0 aliphatic carbocycles. The van der Waals surface area contributed by atoms with E-state index in [0.717, 1.165) is 11.1 Å². The molecule has 3 rings (SSSR count). The van der Waals surface area contributed by atoms with Crippen molar-refractivity contribution in [1.29, 1.82) is 0 Å². The summed E-state index contributed by atoms with van der Waals surface area (Å²) in [6.07, 6.45) is 3.63. The molecule has 0 fully saturated rings. The van der Waals surface area contributed by atoms with Crippen molar-refractivity contribution >= 4 is 11.9 Å². The Morgan fingerprint density at radius 2 is 1.70 bits per heavy atom. The number of benzene rings is 2. The van der Waals surface area contributed by atoms with E-state index in [0.29, 0.717) is 24.5 Å². The van der Waals surface area contributed by atoms with E-state index in [1.54, 1.807) is 12.1 Å².